The van der Waals surface area contributed by atoms with E-state index in [4.69, 9.17) is 5.73 Å². The Morgan fingerprint density at radius 2 is 1.86 bits per heavy atom. The minimum Gasteiger partial charge on any atom is -0.397 e. The largest absolute Gasteiger partial charge is 0.397 e. The molecule has 2 aromatic rings. The lowest BCUT2D eigenvalue weighted by Crippen LogP contribution is -2.21. The second-order valence-electron chi connectivity index (χ2n) is 5.09. The van der Waals surface area contributed by atoms with Crippen LogP contribution in [0.4, 0.5) is 17.1 Å². The lowest BCUT2D eigenvalue weighted by Gasteiger charge is -2.15. The molecule has 0 saturated carbocycles. The first-order chi connectivity index (χ1) is 9.88. The van der Waals surface area contributed by atoms with E-state index < -0.39 is 0 Å². The van der Waals surface area contributed by atoms with Crippen molar-refractivity contribution in [3.05, 3.63) is 52.0 Å². The number of carbonyl (C=O) groups is 1. The van der Waals surface area contributed by atoms with Crippen LogP contribution in [0.25, 0.3) is 0 Å². The van der Waals surface area contributed by atoms with E-state index in [1.807, 2.05) is 25.1 Å². The standard InChI is InChI=1S/C16H18BrN3O/c1-10-4-6-12(17)9-14(10)19-15-8-11(5-7-13(15)18)16(21)20(2)3/h4-9,19H,18H2,1-3H3. The van der Waals surface area contributed by atoms with Crippen LogP contribution in [0.2, 0.25) is 0 Å². The molecule has 2 rings (SSSR count). The van der Waals surface area contributed by atoms with Crippen LogP contribution >= 0.6 is 15.9 Å². The molecule has 0 atom stereocenters. The minimum atomic E-state index is -0.0518. The first-order valence-corrected chi connectivity index (χ1v) is 7.32. The van der Waals surface area contributed by atoms with Crippen molar-refractivity contribution in [1.29, 1.82) is 0 Å². The molecule has 0 aliphatic heterocycles. The van der Waals surface area contributed by atoms with Crippen molar-refractivity contribution in [3.8, 4) is 0 Å². The first kappa shape index (κ1) is 15.4. The first-order valence-electron chi connectivity index (χ1n) is 6.53. The molecule has 1 amide bonds. The topological polar surface area (TPSA) is 58.4 Å². The number of benzene rings is 2. The maximum absolute atomic E-state index is 12.0. The second-order valence-corrected chi connectivity index (χ2v) is 6.00. The third-order valence-corrected chi connectivity index (χ3v) is 3.67. The lowest BCUT2D eigenvalue weighted by atomic mass is 10.1. The van der Waals surface area contributed by atoms with E-state index in [0.29, 0.717) is 11.3 Å². The number of halogens is 1. The van der Waals surface area contributed by atoms with Gasteiger partial charge in [-0.15, -0.1) is 0 Å². The van der Waals surface area contributed by atoms with Gasteiger partial charge in [0.15, 0.2) is 0 Å². The lowest BCUT2D eigenvalue weighted by molar-refractivity contribution is 0.0827. The Morgan fingerprint density at radius 3 is 2.52 bits per heavy atom. The number of aryl methyl sites for hydroxylation is 1. The molecule has 2 aromatic carbocycles. The van der Waals surface area contributed by atoms with Gasteiger partial charge < -0.3 is 16.0 Å². The number of nitrogens with zero attached hydrogens (tertiary/aromatic N) is 1. The molecule has 21 heavy (non-hydrogen) atoms. The summed E-state index contributed by atoms with van der Waals surface area (Å²) in [4.78, 5) is 13.6. The number of hydrogen-bond acceptors (Lipinski definition) is 3. The van der Waals surface area contributed by atoms with Gasteiger partial charge in [-0.1, -0.05) is 22.0 Å². The molecular formula is C16H18BrN3O. The number of anilines is 3. The Hall–Kier alpha value is -2.01. The van der Waals surface area contributed by atoms with Gasteiger partial charge in [-0.2, -0.15) is 0 Å². The zero-order valence-electron chi connectivity index (χ0n) is 12.3. The van der Waals surface area contributed by atoms with Crippen molar-refractivity contribution in [2.75, 3.05) is 25.1 Å². The Morgan fingerprint density at radius 1 is 1.14 bits per heavy atom. The molecule has 3 N–H and O–H groups in total. The number of rotatable bonds is 3. The summed E-state index contributed by atoms with van der Waals surface area (Å²) in [6.45, 7) is 2.01. The maximum Gasteiger partial charge on any atom is 0.253 e. The summed E-state index contributed by atoms with van der Waals surface area (Å²) in [6, 6.07) is 11.2. The van der Waals surface area contributed by atoms with Gasteiger partial charge in [-0.25, -0.2) is 0 Å². The van der Waals surface area contributed by atoms with Gasteiger partial charge >= 0.3 is 0 Å². The van der Waals surface area contributed by atoms with Crippen LogP contribution in [0.1, 0.15) is 15.9 Å². The molecule has 0 heterocycles. The van der Waals surface area contributed by atoms with E-state index in [-0.39, 0.29) is 5.91 Å². The maximum atomic E-state index is 12.0. The molecule has 0 bridgehead atoms. The zero-order chi connectivity index (χ0) is 15.6. The third-order valence-electron chi connectivity index (χ3n) is 3.18. The van der Waals surface area contributed by atoms with Crippen LogP contribution in [-0.4, -0.2) is 24.9 Å². The highest BCUT2D eigenvalue weighted by molar-refractivity contribution is 9.10. The Labute approximate surface area is 133 Å². The predicted octanol–water partition coefficient (Wildman–Crippen LogP) is 3.79. The number of amides is 1. The molecule has 0 aromatic heterocycles. The van der Waals surface area contributed by atoms with Gasteiger partial charge in [0, 0.05) is 29.8 Å². The molecule has 0 saturated heterocycles. The number of nitrogen functional groups attached to an aromatic ring is 1. The predicted molar refractivity (Wildman–Crippen MR) is 91.0 cm³/mol. The molecule has 0 radical (unpaired) electrons. The van der Waals surface area contributed by atoms with Gasteiger partial charge in [-0.05, 0) is 42.8 Å². The summed E-state index contributed by atoms with van der Waals surface area (Å²) < 4.78 is 0.981. The van der Waals surface area contributed by atoms with Crippen LogP contribution in [0.15, 0.2) is 40.9 Å². The van der Waals surface area contributed by atoms with Crippen molar-refractivity contribution in [3.63, 3.8) is 0 Å². The highest BCUT2D eigenvalue weighted by atomic mass is 79.9. The molecule has 0 spiro atoms. The van der Waals surface area contributed by atoms with Gasteiger partial charge in [0.2, 0.25) is 0 Å². The van der Waals surface area contributed by atoms with Crippen LogP contribution in [-0.2, 0) is 0 Å². The molecular weight excluding hydrogens is 330 g/mol. The second kappa shape index (κ2) is 6.18. The zero-order valence-corrected chi connectivity index (χ0v) is 13.9. The van der Waals surface area contributed by atoms with Crippen LogP contribution in [0.5, 0.6) is 0 Å². The van der Waals surface area contributed by atoms with Crippen molar-refractivity contribution >= 4 is 38.9 Å². The van der Waals surface area contributed by atoms with Crippen molar-refractivity contribution in [2.45, 2.75) is 6.92 Å². The van der Waals surface area contributed by atoms with E-state index in [1.165, 1.54) is 0 Å². The Kier molecular flexibility index (Phi) is 4.53. The van der Waals surface area contributed by atoms with Crippen molar-refractivity contribution < 1.29 is 4.79 Å². The van der Waals surface area contributed by atoms with Crippen molar-refractivity contribution in [1.82, 2.24) is 4.90 Å². The number of hydrogen-bond donors (Lipinski definition) is 2. The summed E-state index contributed by atoms with van der Waals surface area (Å²) >= 11 is 3.45. The normalized spacial score (nSPS) is 10.3. The van der Waals surface area contributed by atoms with E-state index in [1.54, 1.807) is 37.2 Å². The fraction of sp³-hybridized carbons (Fsp3) is 0.188. The summed E-state index contributed by atoms with van der Waals surface area (Å²) in [7, 11) is 3.45. The van der Waals surface area contributed by atoms with Crippen molar-refractivity contribution in [2.24, 2.45) is 0 Å². The number of carbonyl (C=O) groups excluding carboxylic acids is 1. The molecule has 0 unspecified atom stereocenters. The summed E-state index contributed by atoms with van der Waals surface area (Å²) in [5.74, 6) is -0.0518. The average Bonchev–Trinajstić information content (AvgIpc) is 2.44. The quantitative estimate of drug-likeness (QED) is 0.830. The molecule has 0 aliphatic carbocycles. The fourth-order valence-corrected chi connectivity index (χ4v) is 2.29. The molecule has 4 nitrogen and oxygen atoms in total. The Balaban J connectivity index is 2.37. The van der Waals surface area contributed by atoms with Gasteiger partial charge in [0.1, 0.15) is 0 Å². The fourth-order valence-electron chi connectivity index (χ4n) is 1.93. The third kappa shape index (κ3) is 3.55. The number of nitrogens with one attached hydrogen (secondary N) is 1. The van der Waals surface area contributed by atoms with Gasteiger partial charge in [-0.3, -0.25) is 4.79 Å². The van der Waals surface area contributed by atoms with Crippen LogP contribution in [0, 0.1) is 6.92 Å². The summed E-state index contributed by atoms with van der Waals surface area (Å²) in [5.41, 5.74) is 9.98. The molecule has 0 aliphatic rings. The monoisotopic (exact) mass is 347 g/mol. The molecule has 5 heteroatoms. The summed E-state index contributed by atoms with van der Waals surface area (Å²) in [5, 5.41) is 3.29. The highest BCUT2D eigenvalue weighted by Gasteiger charge is 2.11. The number of nitrogens with two attached hydrogens (primary N) is 1. The van der Waals surface area contributed by atoms with E-state index >= 15 is 0 Å². The van der Waals surface area contributed by atoms with Gasteiger partial charge in [0.25, 0.3) is 5.91 Å². The smallest absolute Gasteiger partial charge is 0.253 e. The molecule has 0 fully saturated rings. The minimum absolute atomic E-state index is 0.0518. The van der Waals surface area contributed by atoms with Gasteiger partial charge in [0.05, 0.1) is 11.4 Å². The summed E-state index contributed by atoms with van der Waals surface area (Å²) in [6.07, 6.45) is 0. The molecule has 110 valence electrons. The van der Waals surface area contributed by atoms with E-state index in [0.717, 1.165) is 21.4 Å². The van der Waals surface area contributed by atoms with E-state index in [2.05, 4.69) is 21.2 Å². The van der Waals surface area contributed by atoms with Crippen LogP contribution in [0.3, 0.4) is 0 Å². The SMILES string of the molecule is Cc1ccc(Br)cc1Nc1cc(C(=O)N(C)C)ccc1N. The van der Waals surface area contributed by atoms with Crippen LogP contribution < -0.4 is 11.1 Å². The van der Waals surface area contributed by atoms with E-state index in [9.17, 15) is 4.79 Å². The average molecular weight is 348 g/mol. The Bertz CT molecular complexity index is 683. The highest BCUT2D eigenvalue weighted by Crippen LogP contribution is 2.28.